The standard InChI is InChI=1S/C10H11F2N3O2/c11-9(12)7(16)4-14-10-15-6-3-5(13)1-2-8(6)17-10/h1-3,7,9,16H,4,13H2,(H,14,15). The molecule has 0 bridgehead atoms. The van der Waals surface area contributed by atoms with Crippen LogP contribution in [0.3, 0.4) is 0 Å². The van der Waals surface area contributed by atoms with Crippen molar-refractivity contribution in [2.45, 2.75) is 12.5 Å². The van der Waals surface area contributed by atoms with Crippen molar-refractivity contribution in [1.82, 2.24) is 4.98 Å². The van der Waals surface area contributed by atoms with Crippen molar-refractivity contribution in [1.29, 1.82) is 0 Å². The van der Waals surface area contributed by atoms with Gasteiger partial charge in [-0.2, -0.15) is 4.98 Å². The van der Waals surface area contributed by atoms with Crippen molar-refractivity contribution in [2.75, 3.05) is 17.6 Å². The SMILES string of the molecule is Nc1ccc2oc(NCC(O)C(F)F)nc2c1. The van der Waals surface area contributed by atoms with Gasteiger partial charge in [-0.3, -0.25) is 0 Å². The van der Waals surface area contributed by atoms with Crippen LogP contribution < -0.4 is 11.1 Å². The van der Waals surface area contributed by atoms with E-state index in [0.717, 1.165) is 0 Å². The number of hydrogen-bond acceptors (Lipinski definition) is 5. The lowest BCUT2D eigenvalue weighted by molar-refractivity contribution is 0.00362. The van der Waals surface area contributed by atoms with E-state index in [4.69, 9.17) is 15.3 Å². The summed E-state index contributed by atoms with van der Waals surface area (Å²) in [6.07, 6.45) is -4.56. The van der Waals surface area contributed by atoms with Crippen LogP contribution in [0.4, 0.5) is 20.5 Å². The van der Waals surface area contributed by atoms with E-state index in [1.54, 1.807) is 18.2 Å². The number of aromatic nitrogens is 1. The maximum absolute atomic E-state index is 12.0. The molecule has 4 N–H and O–H groups in total. The summed E-state index contributed by atoms with van der Waals surface area (Å²) in [5.74, 6) is 0. The Morgan fingerprint density at radius 3 is 2.94 bits per heavy atom. The Balaban J connectivity index is 2.09. The van der Waals surface area contributed by atoms with E-state index < -0.39 is 12.5 Å². The molecule has 2 aromatic rings. The van der Waals surface area contributed by atoms with Gasteiger partial charge in [-0.15, -0.1) is 0 Å². The van der Waals surface area contributed by atoms with Gasteiger partial charge in [0.05, 0.1) is 6.54 Å². The van der Waals surface area contributed by atoms with E-state index in [9.17, 15) is 8.78 Å². The largest absolute Gasteiger partial charge is 0.424 e. The lowest BCUT2D eigenvalue weighted by Gasteiger charge is -2.08. The van der Waals surface area contributed by atoms with Crippen molar-refractivity contribution in [3.63, 3.8) is 0 Å². The predicted molar refractivity (Wildman–Crippen MR) is 58.9 cm³/mol. The molecule has 0 saturated carbocycles. The van der Waals surface area contributed by atoms with E-state index in [-0.39, 0.29) is 12.6 Å². The van der Waals surface area contributed by atoms with Crippen LogP contribution in [-0.4, -0.2) is 29.2 Å². The van der Waals surface area contributed by atoms with Crippen molar-refractivity contribution in [3.8, 4) is 0 Å². The van der Waals surface area contributed by atoms with Crippen molar-refractivity contribution in [2.24, 2.45) is 0 Å². The van der Waals surface area contributed by atoms with E-state index in [0.29, 0.717) is 16.8 Å². The Bertz CT molecular complexity index is 515. The smallest absolute Gasteiger partial charge is 0.295 e. The second-order valence-electron chi connectivity index (χ2n) is 3.53. The number of anilines is 2. The van der Waals surface area contributed by atoms with E-state index in [1.165, 1.54) is 0 Å². The third-order valence-corrected chi connectivity index (χ3v) is 2.16. The molecule has 0 aliphatic rings. The van der Waals surface area contributed by atoms with Crippen LogP contribution in [0.15, 0.2) is 22.6 Å². The number of aliphatic hydroxyl groups excluding tert-OH is 1. The number of aliphatic hydroxyl groups is 1. The number of alkyl halides is 2. The summed E-state index contributed by atoms with van der Waals surface area (Å²) in [5, 5.41) is 11.4. The van der Waals surface area contributed by atoms with Gasteiger partial charge in [0.15, 0.2) is 5.58 Å². The summed E-state index contributed by atoms with van der Waals surface area (Å²) in [6.45, 7) is -0.333. The quantitative estimate of drug-likeness (QED) is 0.708. The molecular weight excluding hydrogens is 232 g/mol. The first-order chi connectivity index (χ1) is 8.06. The highest BCUT2D eigenvalue weighted by molar-refractivity contribution is 5.78. The number of nitrogens with one attached hydrogen (secondary N) is 1. The van der Waals surface area contributed by atoms with Crippen LogP contribution in [0.5, 0.6) is 0 Å². The molecule has 1 aromatic carbocycles. The fourth-order valence-electron chi connectivity index (χ4n) is 1.30. The highest BCUT2D eigenvalue weighted by Gasteiger charge is 2.17. The molecule has 0 amide bonds. The molecule has 92 valence electrons. The van der Waals surface area contributed by atoms with E-state index in [1.807, 2.05) is 0 Å². The van der Waals surface area contributed by atoms with Crippen molar-refractivity contribution in [3.05, 3.63) is 18.2 Å². The van der Waals surface area contributed by atoms with Crippen molar-refractivity contribution >= 4 is 22.8 Å². The number of benzene rings is 1. The Labute approximate surface area is 95.2 Å². The lowest BCUT2D eigenvalue weighted by atomic mass is 10.3. The number of nitrogens with zero attached hydrogens (tertiary/aromatic N) is 1. The summed E-state index contributed by atoms with van der Waals surface area (Å²) >= 11 is 0. The van der Waals surface area contributed by atoms with Gasteiger partial charge < -0.3 is 20.6 Å². The second kappa shape index (κ2) is 4.54. The fraction of sp³-hybridized carbons (Fsp3) is 0.300. The second-order valence-corrected chi connectivity index (χ2v) is 3.53. The minimum absolute atomic E-state index is 0.0744. The zero-order chi connectivity index (χ0) is 12.4. The molecule has 0 radical (unpaired) electrons. The van der Waals surface area contributed by atoms with Crippen LogP contribution in [0.2, 0.25) is 0 Å². The van der Waals surface area contributed by atoms with E-state index >= 15 is 0 Å². The summed E-state index contributed by atoms with van der Waals surface area (Å²) in [6, 6.07) is 4.95. The molecule has 7 heteroatoms. The zero-order valence-corrected chi connectivity index (χ0v) is 8.73. The molecule has 2 rings (SSSR count). The molecule has 0 aliphatic carbocycles. The van der Waals surface area contributed by atoms with Crippen LogP contribution in [0, 0.1) is 0 Å². The van der Waals surface area contributed by atoms with Crippen LogP contribution in [0.25, 0.3) is 11.1 Å². The first-order valence-electron chi connectivity index (χ1n) is 4.92. The lowest BCUT2D eigenvalue weighted by Crippen LogP contribution is -2.26. The molecule has 0 aliphatic heterocycles. The van der Waals surface area contributed by atoms with Gasteiger partial charge in [0.2, 0.25) is 0 Å². The third kappa shape index (κ3) is 2.62. The number of halogens is 2. The van der Waals surface area contributed by atoms with Gasteiger partial charge in [0.25, 0.3) is 12.4 Å². The molecule has 5 nitrogen and oxygen atoms in total. The van der Waals surface area contributed by atoms with E-state index in [2.05, 4.69) is 10.3 Å². The maximum atomic E-state index is 12.0. The Kier molecular flexibility index (Phi) is 3.10. The highest BCUT2D eigenvalue weighted by Crippen LogP contribution is 2.20. The number of rotatable bonds is 4. The van der Waals surface area contributed by atoms with Crippen LogP contribution in [-0.2, 0) is 0 Å². The molecule has 1 aromatic heterocycles. The highest BCUT2D eigenvalue weighted by atomic mass is 19.3. The summed E-state index contributed by atoms with van der Waals surface area (Å²) in [5.41, 5.74) is 7.11. The van der Waals surface area contributed by atoms with Gasteiger partial charge in [-0.25, -0.2) is 8.78 Å². The summed E-state index contributed by atoms with van der Waals surface area (Å²) in [7, 11) is 0. The Hall–Kier alpha value is -1.89. The Morgan fingerprint density at radius 2 is 2.24 bits per heavy atom. The Morgan fingerprint density at radius 1 is 1.47 bits per heavy atom. The minimum Gasteiger partial charge on any atom is -0.424 e. The van der Waals surface area contributed by atoms with Gasteiger partial charge >= 0.3 is 0 Å². The van der Waals surface area contributed by atoms with Crippen LogP contribution in [0.1, 0.15) is 0 Å². The van der Waals surface area contributed by atoms with Crippen LogP contribution >= 0.6 is 0 Å². The fourth-order valence-corrected chi connectivity index (χ4v) is 1.30. The molecule has 0 fully saturated rings. The number of nitrogens with two attached hydrogens (primary N) is 1. The summed E-state index contributed by atoms with van der Waals surface area (Å²) < 4.78 is 29.3. The first kappa shape index (κ1) is 11.6. The monoisotopic (exact) mass is 243 g/mol. The average molecular weight is 243 g/mol. The molecule has 1 atom stereocenters. The molecule has 1 unspecified atom stereocenters. The molecular formula is C10H11F2N3O2. The van der Waals surface area contributed by atoms with Gasteiger partial charge in [-0.1, -0.05) is 0 Å². The predicted octanol–water partition coefficient (Wildman–Crippen LogP) is 1.45. The number of nitrogen functional groups attached to an aromatic ring is 1. The summed E-state index contributed by atoms with van der Waals surface area (Å²) in [4.78, 5) is 3.99. The van der Waals surface area contributed by atoms with Gasteiger partial charge in [0, 0.05) is 5.69 Å². The van der Waals surface area contributed by atoms with Gasteiger partial charge in [-0.05, 0) is 18.2 Å². The minimum atomic E-state index is -2.80. The number of hydrogen-bond donors (Lipinski definition) is 3. The van der Waals surface area contributed by atoms with Gasteiger partial charge in [0.1, 0.15) is 11.6 Å². The molecule has 1 heterocycles. The normalized spacial score (nSPS) is 13.2. The molecule has 17 heavy (non-hydrogen) atoms. The number of fused-ring (bicyclic) bond motifs is 1. The maximum Gasteiger partial charge on any atom is 0.295 e. The zero-order valence-electron chi connectivity index (χ0n) is 8.73. The molecule has 0 spiro atoms. The molecule has 0 saturated heterocycles. The average Bonchev–Trinajstić information content (AvgIpc) is 2.67. The third-order valence-electron chi connectivity index (χ3n) is 2.16. The number of oxazole rings is 1. The first-order valence-corrected chi connectivity index (χ1v) is 4.92. The topological polar surface area (TPSA) is 84.3 Å². The van der Waals surface area contributed by atoms with Crippen molar-refractivity contribution < 1.29 is 18.3 Å².